The van der Waals surface area contributed by atoms with Crippen LogP contribution in [0.5, 0.6) is 5.75 Å². The molecule has 0 aliphatic carbocycles. The molecule has 0 spiro atoms. The first kappa shape index (κ1) is 21.2. The smallest absolute Gasteiger partial charge is 0.204 e. The summed E-state index contributed by atoms with van der Waals surface area (Å²) in [7, 11) is 1.64. The van der Waals surface area contributed by atoms with Crippen molar-refractivity contribution in [3.63, 3.8) is 0 Å². The van der Waals surface area contributed by atoms with E-state index < -0.39 is 0 Å². The Kier molecular flexibility index (Phi) is 6.55. The van der Waals surface area contributed by atoms with Gasteiger partial charge in [-0.1, -0.05) is 0 Å². The van der Waals surface area contributed by atoms with Crippen LogP contribution in [0.2, 0.25) is 0 Å². The predicted molar refractivity (Wildman–Crippen MR) is 122 cm³/mol. The van der Waals surface area contributed by atoms with Gasteiger partial charge in [0.05, 0.1) is 37.9 Å². The van der Waals surface area contributed by atoms with Gasteiger partial charge in [-0.25, -0.2) is 4.68 Å². The van der Waals surface area contributed by atoms with Crippen molar-refractivity contribution in [2.75, 3.05) is 20.3 Å². The van der Waals surface area contributed by atoms with Crippen LogP contribution in [0.25, 0.3) is 28.3 Å². The molecule has 1 aliphatic heterocycles. The van der Waals surface area contributed by atoms with Gasteiger partial charge in [-0.3, -0.25) is 0 Å². The standard InChI is InChI=1S/C18H15N6O.C6H7O.H2/c1-12-11-14(5-8-17(12)25-2)16-9-10-19-24(16)15-6-3-13(4-7-15)18-20-22-23-21-18;1-2-6-3-4-7-5-6;/h3-11H,1H2,2H3,(H,20,21,22,23);1H,3-5H2;1H. The van der Waals surface area contributed by atoms with E-state index in [9.17, 15) is 0 Å². The first-order valence-corrected chi connectivity index (χ1v) is 9.97. The Balaban J connectivity index is 0.000000330. The van der Waals surface area contributed by atoms with Gasteiger partial charge in [-0.05, 0) is 78.4 Å². The van der Waals surface area contributed by atoms with Crippen LogP contribution in [-0.4, -0.2) is 50.7 Å². The Morgan fingerprint density at radius 1 is 1.19 bits per heavy atom. The third-order valence-corrected chi connectivity index (χ3v) is 4.96. The first-order chi connectivity index (χ1) is 15.7. The number of rotatable bonds is 4. The van der Waals surface area contributed by atoms with E-state index in [0.29, 0.717) is 12.4 Å². The van der Waals surface area contributed by atoms with Crippen LogP contribution in [0.1, 0.15) is 13.4 Å². The largest absolute Gasteiger partial charge is 0.496 e. The van der Waals surface area contributed by atoms with Crippen molar-refractivity contribution in [2.45, 2.75) is 6.42 Å². The molecule has 32 heavy (non-hydrogen) atoms. The van der Waals surface area contributed by atoms with E-state index in [2.05, 4.69) is 38.4 Å². The van der Waals surface area contributed by atoms with E-state index >= 15 is 0 Å². The molecule has 162 valence electrons. The quantitative estimate of drug-likeness (QED) is 0.493. The van der Waals surface area contributed by atoms with Gasteiger partial charge in [0.1, 0.15) is 5.75 Å². The second kappa shape index (κ2) is 9.87. The number of hydrogen-bond donors (Lipinski definition) is 1. The van der Waals surface area contributed by atoms with Gasteiger partial charge in [0, 0.05) is 19.0 Å². The Labute approximate surface area is 187 Å². The number of ether oxygens (including phenoxy) is 2. The Morgan fingerprint density at radius 3 is 2.59 bits per heavy atom. The van der Waals surface area contributed by atoms with Crippen LogP contribution in [0.15, 0.2) is 66.0 Å². The fraction of sp³-hybridized carbons (Fsp3) is 0.167. The zero-order valence-corrected chi connectivity index (χ0v) is 17.7. The third-order valence-electron chi connectivity index (χ3n) is 4.96. The van der Waals surface area contributed by atoms with Gasteiger partial charge >= 0.3 is 0 Å². The average Bonchev–Trinajstić information content (AvgIpc) is 3.62. The summed E-state index contributed by atoms with van der Waals surface area (Å²) in [5.41, 5.74) is 8.30. The highest BCUT2D eigenvalue weighted by molar-refractivity contribution is 5.65. The lowest BCUT2D eigenvalue weighted by Crippen LogP contribution is -1.99. The van der Waals surface area contributed by atoms with Crippen molar-refractivity contribution < 1.29 is 10.9 Å². The number of nitrogens with zero attached hydrogens (tertiary/aromatic N) is 5. The van der Waals surface area contributed by atoms with Crippen molar-refractivity contribution in [3.05, 3.63) is 85.1 Å². The molecule has 0 amide bonds. The van der Waals surface area contributed by atoms with E-state index in [1.165, 1.54) is 0 Å². The molecular formula is C24H24N6O2. The summed E-state index contributed by atoms with van der Waals surface area (Å²) in [5, 5.41) is 18.4. The Morgan fingerprint density at radius 2 is 2.00 bits per heavy atom. The highest BCUT2D eigenvalue weighted by Crippen LogP contribution is 2.28. The fourth-order valence-corrected chi connectivity index (χ4v) is 3.28. The van der Waals surface area contributed by atoms with Crippen LogP contribution >= 0.6 is 0 Å². The van der Waals surface area contributed by atoms with Crippen molar-refractivity contribution in [3.8, 4) is 34.1 Å². The zero-order valence-electron chi connectivity index (χ0n) is 17.7. The zero-order chi connectivity index (χ0) is 22.3. The summed E-state index contributed by atoms with van der Waals surface area (Å²) in [4.78, 5) is 0. The fourth-order valence-electron chi connectivity index (χ4n) is 3.28. The first-order valence-electron chi connectivity index (χ1n) is 9.97. The summed E-state index contributed by atoms with van der Waals surface area (Å²) < 4.78 is 12.1. The molecule has 0 saturated carbocycles. The molecular weight excluding hydrogens is 404 g/mol. The third kappa shape index (κ3) is 4.67. The molecule has 1 N–H and O–H groups in total. The molecule has 8 nitrogen and oxygen atoms in total. The normalized spacial score (nSPS) is 12.8. The number of methoxy groups -OCH3 is 1. The maximum absolute atomic E-state index is 5.28. The van der Waals surface area contributed by atoms with Gasteiger partial charge in [-0.2, -0.15) is 10.3 Å². The van der Waals surface area contributed by atoms with Crippen molar-refractivity contribution in [1.82, 2.24) is 30.4 Å². The van der Waals surface area contributed by atoms with Crippen molar-refractivity contribution in [1.29, 1.82) is 0 Å². The number of H-pyrrole nitrogens is 1. The highest BCUT2D eigenvalue weighted by atomic mass is 16.5. The molecule has 1 fully saturated rings. The molecule has 0 unspecified atom stereocenters. The highest BCUT2D eigenvalue weighted by Gasteiger charge is 2.10. The van der Waals surface area contributed by atoms with Crippen LogP contribution in [0.3, 0.4) is 0 Å². The number of hydrogen-bond acceptors (Lipinski definition) is 6. The molecule has 3 heterocycles. The molecule has 5 rings (SSSR count). The van der Waals surface area contributed by atoms with Gasteiger partial charge in [0.15, 0.2) is 0 Å². The number of benzene rings is 2. The number of tetrazole rings is 1. The van der Waals surface area contributed by atoms with Crippen molar-refractivity contribution in [2.24, 2.45) is 0 Å². The predicted octanol–water partition coefficient (Wildman–Crippen LogP) is 4.08. The maximum atomic E-state index is 5.28. The lowest BCUT2D eigenvalue weighted by molar-refractivity contribution is 0.205. The van der Waals surface area contributed by atoms with Gasteiger partial charge < -0.3 is 9.47 Å². The minimum atomic E-state index is 0. The molecule has 0 atom stereocenters. The minimum absolute atomic E-state index is 0. The summed E-state index contributed by atoms with van der Waals surface area (Å²) in [5.74, 6) is 1.32. The summed E-state index contributed by atoms with van der Waals surface area (Å²) >= 11 is 0. The van der Waals surface area contributed by atoms with Gasteiger partial charge in [-0.15, -0.1) is 15.9 Å². The molecule has 1 aliphatic rings. The molecule has 2 radical (unpaired) electrons. The van der Waals surface area contributed by atoms with E-state index in [1.807, 2.05) is 53.2 Å². The Bertz CT molecular complexity index is 1220. The molecule has 4 aromatic rings. The SMILES string of the molecule is [CH2]c1cc(-c2ccnn2-c2ccc(-c3nn[nH]n3)cc2)ccc1OC.[CH]=C=C1CCOC1.[HH]. The summed E-state index contributed by atoms with van der Waals surface area (Å²) in [6, 6.07) is 15.7. The van der Waals surface area contributed by atoms with Gasteiger partial charge in [0.25, 0.3) is 0 Å². The molecule has 8 heteroatoms. The molecule has 0 bridgehead atoms. The molecule has 1 saturated heterocycles. The summed E-state index contributed by atoms with van der Waals surface area (Å²) in [6.07, 6.45) is 2.74. The van der Waals surface area contributed by atoms with E-state index in [0.717, 1.165) is 52.4 Å². The van der Waals surface area contributed by atoms with Gasteiger partial charge in [0.2, 0.25) is 5.82 Å². The number of aromatic nitrogens is 6. The number of nitrogens with one attached hydrogen (secondary N) is 1. The summed E-state index contributed by atoms with van der Waals surface area (Å²) in [6.45, 7) is 10.6. The molecule has 2 aromatic heterocycles. The second-order valence-corrected chi connectivity index (χ2v) is 6.99. The lowest BCUT2D eigenvalue weighted by Gasteiger charge is -2.10. The van der Waals surface area contributed by atoms with Crippen molar-refractivity contribution >= 4 is 0 Å². The van der Waals surface area contributed by atoms with Crippen LogP contribution in [0.4, 0.5) is 0 Å². The second-order valence-electron chi connectivity index (χ2n) is 6.99. The van der Waals surface area contributed by atoms with Crippen LogP contribution < -0.4 is 4.74 Å². The monoisotopic (exact) mass is 428 g/mol. The van der Waals surface area contributed by atoms with Crippen LogP contribution in [-0.2, 0) is 4.74 Å². The number of aromatic amines is 1. The van der Waals surface area contributed by atoms with E-state index in [-0.39, 0.29) is 1.43 Å². The maximum Gasteiger partial charge on any atom is 0.204 e. The lowest BCUT2D eigenvalue weighted by atomic mass is 10.1. The molecule has 2 aromatic carbocycles. The minimum Gasteiger partial charge on any atom is -0.496 e. The van der Waals surface area contributed by atoms with E-state index in [1.54, 1.807) is 13.3 Å². The average molecular weight is 428 g/mol. The van der Waals surface area contributed by atoms with Crippen LogP contribution in [0, 0.1) is 13.5 Å². The van der Waals surface area contributed by atoms with E-state index in [4.69, 9.17) is 16.1 Å². The topological polar surface area (TPSA) is 90.7 Å². The Hall–Kier alpha value is -4.00.